The van der Waals surface area contributed by atoms with Gasteiger partial charge in [-0.3, -0.25) is 4.79 Å². The van der Waals surface area contributed by atoms with Gasteiger partial charge in [-0.15, -0.1) is 0 Å². The molecule has 1 N–H and O–H groups in total. The molecule has 6 heteroatoms. The van der Waals surface area contributed by atoms with E-state index in [1.165, 1.54) is 0 Å². The van der Waals surface area contributed by atoms with Crippen LogP contribution in [0.2, 0.25) is 0 Å². The fraction of sp³-hybridized carbons (Fsp3) is 0.235. The largest absolute Gasteiger partial charge is 0.493 e. The van der Waals surface area contributed by atoms with Crippen LogP contribution in [0.15, 0.2) is 40.9 Å². The topological polar surface area (TPSA) is 56.8 Å². The van der Waals surface area contributed by atoms with Crippen molar-refractivity contribution in [2.45, 2.75) is 6.92 Å². The van der Waals surface area contributed by atoms with Crippen LogP contribution in [0.3, 0.4) is 0 Å². The number of methoxy groups -OCH3 is 2. The van der Waals surface area contributed by atoms with E-state index in [1.54, 1.807) is 32.4 Å². The zero-order chi connectivity index (χ0) is 16.8. The SMILES string of the molecule is COc1cc(C)c(NC(=O)COc2ccc(Br)cc2)cc1OC. The number of anilines is 1. The highest BCUT2D eigenvalue weighted by molar-refractivity contribution is 9.10. The molecule has 2 rings (SSSR count). The van der Waals surface area contributed by atoms with Crippen LogP contribution in [0.25, 0.3) is 0 Å². The van der Waals surface area contributed by atoms with E-state index in [2.05, 4.69) is 21.2 Å². The van der Waals surface area contributed by atoms with Gasteiger partial charge < -0.3 is 19.5 Å². The Balaban J connectivity index is 2.01. The number of hydrogen-bond acceptors (Lipinski definition) is 4. The van der Waals surface area contributed by atoms with Gasteiger partial charge in [0, 0.05) is 16.2 Å². The lowest BCUT2D eigenvalue weighted by molar-refractivity contribution is -0.118. The Hall–Kier alpha value is -2.21. The summed E-state index contributed by atoms with van der Waals surface area (Å²) in [6, 6.07) is 10.8. The van der Waals surface area contributed by atoms with Gasteiger partial charge in [-0.1, -0.05) is 15.9 Å². The Morgan fingerprint density at radius 1 is 1.09 bits per heavy atom. The fourth-order valence-electron chi connectivity index (χ4n) is 1.98. The Kier molecular flexibility index (Phi) is 5.87. The van der Waals surface area contributed by atoms with E-state index in [4.69, 9.17) is 14.2 Å². The molecule has 0 spiro atoms. The maximum atomic E-state index is 12.0. The van der Waals surface area contributed by atoms with Crippen molar-refractivity contribution in [1.29, 1.82) is 0 Å². The predicted molar refractivity (Wildman–Crippen MR) is 92.5 cm³/mol. The molecule has 122 valence electrons. The minimum Gasteiger partial charge on any atom is -0.493 e. The Morgan fingerprint density at radius 2 is 1.70 bits per heavy atom. The van der Waals surface area contributed by atoms with Crippen LogP contribution in [0, 0.1) is 6.92 Å². The molecule has 0 atom stereocenters. The van der Waals surface area contributed by atoms with Crippen LogP contribution >= 0.6 is 15.9 Å². The average Bonchev–Trinajstić information content (AvgIpc) is 2.55. The number of benzene rings is 2. The number of rotatable bonds is 6. The zero-order valence-corrected chi connectivity index (χ0v) is 14.8. The third-order valence-corrected chi connectivity index (χ3v) is 3.72. The van der Waals surface area contributed by atoms with Crippen LogP contribution in [0.4, 0.5) is 5.69 Å². The van der Waals surface area contributed by atoms with Crippen molar-refractivity contribution in [2.24, 2.45) is 0 Å². The molecule has 2 aromatic rings. The summed E-state index contributed by atoms with van der Waals surface area (Å²) in [6.07, 6.45) is 0. The third kappa shape index (κ3) is 4.63. The molecule has 0 fully saturated rings. The normalized spacial score (nSPS) is 10.1. The summed E-state index contributed by atoms with van der Waals surface area (Å²) >= 11 is 3.35. The molecule has 23 heavy (non-hydrogen) atoms. The first kappa shape index (κ1) is 17.1. The van der Waals surface area contributed by atoms with Gasteiger partial charge in [0.2, 0.25) is 0 Å². The van der Waals surface area contributed by atoms with Crippen molar-refractivity contribution in [3.63, 3.8) is 0 Å². The monoisotopic (exact) mass is 379 g/mol. The molecular formula is C17H18BrNO4. The van der Waals surface area contributed by atoms with E-state index in [9.17, 15) is 4.79 Å². The smallest absolute Gasteiger partial charge is 0.262 e. The quantitative estimate of drug-likeness (QED) is 0.829. The summed E-state index contributed by atoms with van der Waals surface area (Å²) < 4.78 is 16.9. The van der Waals surface area contributed by atoms with Crippen molar-refractivity contribution >= 4 is 27.5 Å². The number of amides is 1. The molecule has 0 unspecified atom stereocenters. The maximum absolute atomic E-state index is 12.0. The van der Waals surface area contributed by atoms with Gasteiger partial charge in [0.25, 0.3) is 5.91 Å². The lowest BCUT2D eigenvalue weighted by atomic mass is 10.1. The Morgan fingerprint density at radius 3 is 2.30 bits per heavy atom. The lowest BCUT2D eigenvalue weighted by Crippen LogP contribution is -2.20. The van der Waals surface area contributed by atoms with Gasteiger partial charge in [-0.25, -0.2) is 0 Å². The van der Waals surface area contributed by atoms with Crippen molar-refractivity contribution in [3.05, 3.63) is 46.4 Å². The highest BCUT2D eigenvalue weighted by atomic mass is 79.9. The number of carbonyl (C=O) groups is 1. The standard InChI is InChI=1S/C17H18BrNO4/c1-11-8-15(21-2)16(22-3)9-14(11)19-17(20)10-23-13-6-4-12(18)5-7-13/h4-9H,10H2,1-3H3,(H,19,20). The molecular weight excluding hydrogens is 362 g/mol. The van der Waals surface area contributed by atoms with Crippen LogP contribution < -0.4 is 19.5 Å². The van der Waals surface area contributed by atoms with Gasteiger partial charge in [-0.2, -0.15) is 0 Å². The molecule has 0 aliphatic rings. The van der Waals surface area contributed by atoms with Crippen LogP contribution in [0.5, 0.6) is 17.2 Å². The van der Waals surface area contributed by atoms with Crippen molar-refractivity contribution in [1.82, 2.24) is 0 Å². The van der Waals surface area contributed by atoms with E-state index >= 15 is 0 Å². The van der Waals surface area contributed by atoms with E-state index in [0.29, 0.717) is 22.9 Å². The molecule has 0 aliphatic heterocycles. The van der Waals surface area contributed by atoms with Crippen LogP contribution in [-0.4, -0.2) is 26.7 Å². The van der Waals surface area contributed by atoms with Crippen LogP contribution in [-0.2, 0) is 4.79 Å². The molecule has 2 aromatic carbocycles. The predicted octanol–water partition coefficient (Wildman–Crippen LogP) is 3.79. The molecule has 0 saturated heterocycles. The second-order valence-corrected chi connectivity index (χ2v) is 5.73. The second-order valence-electron chi connectivity index (χ2n) is 4.81. The average molecular weight is 380 g/mol. The molecule has 0 saturated carbocycles. The molecule has 0 aromatic heterocycles. The number of aryl methyl sites for hydroxylation is 1. The van der Waals surface area contributed by atoms with Gasteiger partial charge in [-0.05, 0) is 42.8 Å². The van der Waals surface area contributed by atoms with E-state index in [1.807, 2.05) is 25.1 Å². The summed E-state index contributed by atoms with van der Waals surface area (Å²) in [5.41, 5.74) is 1.53. The summed E-state index contributed by atoms with van der Waals surface area (Å²) in [5, 5.41) is 2.81. The highest BCUT2D eigenvalue weighted by Gasteiger charge is 2.11. The summed E-state index contributed by atoms with van der Waals surface area (Å²) in [5.74, 6) is 1.56. The second kappa shape index (κ2) is 7.87. The zero-order valence-electron chi connectivity index (χ0n) is 13.2. The van der Waals surface area contributed by atoms with E-state index < -0.39 is 0 Å². The highest BCUT2D eigenvalue weighted by Crippen LogP contribution is 2.32. The Labute approximate surface area is 143 Å². The first-order chi connectivity index (χ1) is 11.0. The van der Waals surface area contributed by atoms with Crippen molar-refractivity contribution in [3.8, 4) is 17.2 Å². The van der Waals surface area contributed by atoms with Crippen LogP contribution in [0.1, 0.15) is 5.56 Å². The fourth-order valence-corrected chi connectivity index (χ4v) is 2.25. The van der Waals surface area contributed by atoms with Gasteiger partial charge >= 0.3 is 0 Å². The minimum atomic E-state index is -0.247. The minimum absolute atomic E-state index is 0.0740. The molecule has 0 heterocycles. The summed E-state index contributed by atoms with van der Waals surface area (Å²) in [4.78, 5) is 12.0. The number of ether oxygens (including phenoxy) is 3. The number of nitrogens with one attached hydrogen (secondary N) is 1. The Bertz CT molecular complexity index is 686. The van der Waals surface area contributed by atoms with Crippen molar-refractivity contribution < 1.29 is 19.0 Å². The van der Waals surface area contributed by atoms with Gasteiger partial charge in [0.05, 0.1) is 14.2 Å². The van der Waals surface area contributed by atoms with Gasteiger partial charge in [0.15, 0.2) is 18.1 Å². The first-order valence-corrected chi connectivity index (χ1v) is 7.73. The molecule has 5 nitrogen and oxygen atoms in total. The van der Waals surface area contributed by atoms with E-state index in [-0.39, 0.29) is 12.5 Å². The van der Waals surface area contributed by atoms with Crippen molar-refractivity contribution in [2.75, 3.05) is 26.1 Å². The molecule has 0 bridgehead atoms. The lowest BCUT2D eigenvalue weighted by Gasteiger charge is -2.14. The van der Waals surface area contributed by atoms with Gasteiger partial charge in [0.1, 0.15) is 5.75 Å². The molecule has 0 radical (unpaired) electrons. The maximum Gasteiger partial charge on any atom is 0.262 e. The third-order valence-electron chi connectivity index (χ3n) is 3.19. The molecule has 1 amide bonds. The molecule has 0 aliphatic carbocycles. The number of halogens is 1. The summed E-state index contributed by atoms with van der Waals surface area (Å²) in [6.45, 7) is 1.81. The van der Waals surface area contributed by atoms with E-state index in [0.717, 1.165) is 10.0 Å². The summed E-state index contributed by atoms with van der Waals surface area (Å²) in [7, 11) is 3.12. The number of carbonyl (C=O) groups excluding carboxylic acids is 1. The first-order valence-electron chi connectivity index (χ1n) is 6.94. The number of hydrogen-bond donors (Lipinski definition) is 1.